The highest BCUT2D eigenvalue weighted by atomic mass is 19.4. The van der Waals surface area contributed by atoms with Gasteiger partial charge in [-0.15, -0.1) is 0 Å². The van der Waals surface area contributed by atoms with Crippen LogP contribution in [0.4, 0.5) is 19.0 Å². The van der Waals surface area contributed by atoms with E-state index in [4.69, 9.17) is 0 Å². The average molecular weight is 289 g/mol. The van der Waals surface area contributed by atoms with E-state index in [1.165, 1.54) is 19.1 Å². The summed E-state index contributed by atoms with van der Waals surface area (Å²) in [7, 11) is 0. The number of alkyl halides is 3. The fraction of sp³-hybridized carbons (Fsp3) is 0.538. The number of hydrogen-bond donors (Lipinski definition) is 1. The number of halogens is 3. The van der Waals surface area contributed by atoms with E-state index < -0.39 is 18.6 Å². The van der Waals surface area contributed by atoms with Gasteiger partial charge in [0.25, 0.3) is 5.91 Å². The molecular formula is C13H18F3N3O. The molecule has 0 saturated heterocycles. The minimum Gasteiger partial charge on any atom is -0.370 e. The summed E-state index contributed by atoms with van der Waals surface area (Å²) in [4.78, 5) is 17.1. The summed E-state index contributed by atoms with van der Waals surface area (Å²) in [5, 5.41) is 2.94. The molecule has 7 heteroatoms. The lowest BCUT2D eigenvalue weighted by molar-refractivity contribution is -0.140. The van der Waals surface area contributed by atoms with Gasteiger partial charge in [-0.2, -0.15) is 13.2 Å². The van der Waals surface area contributed by atoms with Crippen LogP contribution in [0.25, 0.3) is 0 Å². The molecule has 1 amide bonds. The van der Waals surface area contributed by atoms with Gasteiger partial charge in [0.2, 0.25) is 0 Å². The Morgan fingerprint density at radius 1 is 1.35 bits per heavy atom. The number of nitrogens with one attached hydrogen (secondary N) is 1. The third-order valence-corrected chi connectivity index (χ3v) is 2.60. The lowest BCUT2D eigenvalue weighted by atomic mass is 10.2. The second-order valence-corrected chi connectivity index (χ2v) is 4.35. The summed E-state index contributed by atoms with van der Waals surface area (Å²) in [6.07, 6.45) is -4.40. The molecule has 4 nitrogen and oxygen atoms in total. The summed E-state index contributed by atoms with van der Waals surface area (Å²) >= 11 is 0. The molecule has 1 aromatic rings. The number of rotatable bonds is 5. The number of hydrogen-bond acceptors (Lipinski definition) is 3. The van der Waals surface area contributed by atoms with E-state index in [0.29, 0.717) is 18.1 Å². The number of carbonyl (C=O) groups excluding carboxylic acids is 1. The van der Waals surface area contributed by atoms with Gasteiger partial charge < -0.3 is 10.2 Å². The van der Waals surface area contributed by atoms with Crippen LogP contribution in [-0.4, -0.2) is 41.6 Å². The molecule has 1 N–H and O–H groups in total. The van der Waals surface area contributed by atoms with E-state index in [1.807, 2.05) is 6.92 Å². The first-order valence-electron chi connectivity index (χ1n) is 6.35. The van der Waals surface area contributed by atoms with E-state index in [9.17, 15) is 18.0 Å². The van der Waals surface area contributed by atoms with E-state index in [1.54, 1.807) is 6.92 Å². The number of aryl methyl sites for hydroxylation is 1. The van der Waals surface area contributed by atoms with Crippen molar-refractivity contribution in [1.82, 2.24) is 9.88 Å². The number of nitrogens with zero attached hydrogens (tertiary/aromatic N) is 2. The Kier molecular flexibility index (Phi) is 5.35. The largest absolute Gasteiger partial charge is 0.406 e. The minimum atomic E-state index is -4.40. The Bertz CT molecular complexity index is 474. The number of pyridine rings is 1. The number of aromatic nitrogens is 1. The molecule has 0 aliphatic carbocycles. The summed E-state index contributed by atoms with van der Waals surface area (Å²) in [6, 6.07) is 2.96. The highest BCUT2D eigenvalue weighted by Crippen LogP contribution is 2.19. The molecule has 0 atom stereocenters. The van der Waals surface area contributed by atoms with Crippen molar-refractivity contribution < 1.29 is 18.0 Å². The zero-order valence-corrected chi connectivity index (χ0v) is 11.7. The normalized spacial score (nSPS) is 11.3. The number of anilines is 1. The third kappa shape index (κ3) is 4.71. The summed E-state index contributed by atoms with van der Waals surface area (Å²) in [5.41, 5.74) is 0.786. The number of amides is 1. The highest BCUT2D eigenvalue weighted by molar-refractivity contribution is 5.95. The van der Waals surface area contributed by atoms with Crippen LogP contribution in [0.15, 0.2) is 12.1 Å². The van der Waals surface area contributed by atoms with Crippen LogP contribution in [0.1, 0.15) is 29.9 Å². The van der Waals surface area contributed by atoms with Crippen molar-refractivity contribution >= 4 is 11.7 Å². The van der Waals surface area contributed by atoms with Gasteiger partial charge in [0, 0.05) is 24.3 Å². The molecular weight excluding hydrogens is 271 g/mol. The van der Waals surface area contributed by atoms with E-state index in [-0.39, 0.29) is 12.1 Å². The first-order valence-corrected chi connectivity index (χ1v) is 6.35. The first-order chi connectivity index (χ1) is 9.26. The van der Waals surface area contributed by atoms with Gasteiger partial charge in [-0.25, -0.2) is 4.98 Å². The monoisotopic (exact) mass is 289 g/mol. The Morgan fingerprint density at radius 2 is 2.00 bits per heavy atom. The molecule has 0 fully saturated rings. The zero-order chi connectivity index (χ0) is 15.3. The topological polar surface area (TPSA) is 45.2 Å². The Labute approximate surface area is 116 Å². The maximum Gasteiger partial charge on any atom is 0.406 e. The van der Waals surface area contributed by atoms with Crippen molar-refractivity contribution in [3.8, 4) is 0 Å². The van der Waals surface area contributed by atoms with Gasteiger partial charge in [-0.1, -0.05) is 0 Å². The van der Waals surface area contributed by atoms with Crippen LogP contribution in [0, 0.1) is 6.92 Å². The van der Waals surface area contributed by atoms with E-state index >= 15 is 0 Å². The standard InChI is InChI=1S/C13H18F3N3O/c1-4-17-11-7-10(6-9(3)18-11)12(20)19(5-2)8-13(14,15)16/h6-7H,4-5,8H2,1-3H3,(H,17,18). The van der Waals surface area contributed by atoms with Gasteiger partial charge >= 0.3 is 6.18 Å². The molecule has 112 valence electrons. The molecule has 0 unspecified atom stereocenters. The smallest absolute Gasteiger partial charge is 0.370 e. The summed E-state index contributed by atoms with van der Waals surface area (Å²) in [6.45, 7) is 4.44. The van der Waals surface area contributed by atoms with Gasteiger partial charge in [-0.3, -0.25) is 4.79 Å². The van der Waals surface area contributed by atoms with E-state index in [0.717, 1.165) is 4.90 Å². The van der Waals surface area contributed by atoms with Crippen molar-refractivity contribution in [3.05, 3.63) is 23.4 Å². The molecule has 1 rings (SSSR count). The second-order valence-electron chi connectivity index (χ2n) is 4.35. The molecule has 0 radical (unpaired) electrons. The van der Waals surface area contributed by atoms with Crippen molar-refractivity contribution in [2.24, 2.45) is 0 Å². The zero-order valence-electron chi connectivity index (χ0n) is 11.7. The molecule has 1 aromatic heterocycles. The van der Waals surface area contributed by atoms with E-state index in [2.05, 4.69) is 10.3 Å². The molecule has 0 bridgehead atoms. The molecule has 0 aliphatic rings. The Morgan fingerprint density at radius 3 is 2.50 bits per heavy atom. The lowest BCUT2D eigenvalue weighted by Crippen LogP contribution is -2.38. The maximum atomic E-state index is 12.4. The predicted molar refractivity (Wildman–Crippen MR) is 70.8 cm³/mol. The average Bonchev–Trinajstić information content (AvgIpc) is 2.33. The highest BCUT2D eigenvalue weighted by Gasteiger charge is 2.32. The van der Waals surface area contributed by atoms with Crippen LogP contribution in [0.3, 0.4) is 0 Å². The Hall–Kier alpha value is -1.79. The van der Waals surface area contributed by atoms with Crippen molar-refractivity contribution in [2.75, 3.05) is 25.0 Å². The van der Waals surface area contributed by atoms with Crippen LogP contribution >= 0.6 is 0 Å². The minimum absolute atomic E-state index is 0.00372. The maximum absolute atomic E-state index is 12.4. The van der Waals surface area contributed by atoms with Gasteiger partial charge in [-0.05, 0) is 32.9 Å². The van der Waals surface area contributed by atoms with Crippen LogP contribution in [-0.2, 0) is 0 Å². The predicted octanol–water partition coefficient (Wildman–Crippen LogP) is 2.85. The van der Waals surface area contributed by atoms with Crippen molar-refractivity contribution in [3.63, 3.8) is 0 Å². The fourth-order valence-electron chi connectivity index (χ4n) is 1.79. The van der Waals surface area contributed by atoms with Crippen molar-refractivity contribution in [1.29, 1.82) is 0 Å². The molecule has 20 heavy (non-hydrogen) atoms. The van der Waals surface area contributed by atoms with Crippen molar-refractivity contribution in [2.45, 2.75) is 26.9 Å². The molecule has 0 spiro atoms. The summed E-state index contributed by atoms with van der Waals surface area (Å²) < 4.78 is 37.3. The molecule has 0 saturated carbocycles. The third-order valence-electron chi connectivity index (χ3n) is 2.60. The Balaban J connectivity index is 3.00. The molecule has 1 heterocycles. The van der Waals surface area contributed by atoms with Gasteiger partial charge in [0.05, 0.1) is 0 Å². The molecule has 0 aromatic carbocycles. The van der Waals surface area contributed by atoms with Gasteiger partial charge in [0.1, 0.15) is 12.4 Å². The van der Waals surface area contributed by atoms with Crippen LogP contribution in [0.2, 0.25) is 0 Å². The second kappa shape index (κ2) is 6.58. The first kappa shape index (κ1) is 16.3. The van der Waals surface area contributed by atoms with Crippen LogP contribution < -0.4 is 5.32 Å². The molecule has 0 aliphatic heterocycles. The SMILES string of the molecule is CCNc1cc(C(=O)N(CC)CC(F)(F)F)cc(C)n1. The van der Waals surface area contributed by atoms with Gasteiger partial charge in [0.15, 0.2) is 0 Å². The van der Waals surface area contributed by atoms with Crippen LogP contribution in [0.5, 0.6) is 0 Å². The summed E-state index contributed by atoms with van der Waals surface area (Å²) in [5.74, 6) is -0.159. The lowest BCUT2D eigenvalue weighted by Gasteiger charge is -2.22. The number of carbonyl (C=O) groups is 1. The quantitative estimate of drug-likeness (QED) is 0.906. The fourth-order valence-corrected chi connectivity index (χ4v) is 1.79.